The third-order valence-electron chi connectivity index (χ3n) is 1.33. The maximum Gasteiger partial charge on any atom is 0.0931 e. The molecule has 0 aliphatic carbocycles. The van der Waals surface area contributed by atoms with Crippen LogP contribution in [0.4, 0.5) is 0 Å². The molecule has 47 valence electrons. The van der Waals surface area contributed by atoms with Gasteiger partial charge in [-0.15, -0.1) is 0 Å². The Morgan fingerprint density at radius 3 is 2.80 bits per heavy atom. The molecule has 0 atom stereocenters. The van der Waals surface area contributed by atoms with E-state index in [1.54, 1.807) is 6.33 Å². The molecule has 1 aromatic heterocycles. The summed E-state index contributed by atoms with van der Waals surface area (Å²) in [7, 11) is 0. The van der Waals surface area contributed by atoms with Gasteiger partial charge >= 0.3 is 0 Å². The number of aromatic nitrogens is 2. The van der Waals surface area contributed by atoms with Crippen LogP contribution in [-0.2, 0) is 0 Å². The van der Waals surface area contributed by atoms with Crippen LogP contribution in [0.5, 0.6) is 0 Å². The van der Waals surface area contributed by atoms with Crippen molar-refractivity contribution in [2.45, 2.75) is 0 Å². The molecule has 2 rings (SSSR count). The molecule has 0 saturated carbocycles. The average Bonchev–Trinajstić information content (AvgIpc) is 2.33. The second kappa shape index (κ2) is 3.45. The number of nitrogens with one attached hydrogen (secondary N) is 1. The molecule has 0 spiro atoms. The molecule has 0 fully saturated rings. The van der Waals surface area contributed by atoms with E-state index in [0.717, 1.165) is 11.0 Å². The van der Waals surface area contributed by atoms with Crippen molar-refractivity contribution in [3.8, 4) is 0 Å². The largest absolute Gasteiger partial charge is 0.345 e. The Morgan fingerprint density at radius 1 is 1.20 bits per heavy atom. The number of hydrogen-bond donors (Lipinski definition) is 1. The van der Waals surface area contributed by atoms with Gasteiger partial charge in [0.05, 0.1) is 17.4 Å². The van der Waals surface area contributed by atoms with Crippen LogP contribution in [0.15, 0.2) is 30.6 Å². The van der Waals surface area contributed by atoms with E-state index >= 15 is 0 Å². The Kier molecular flexibility index (Phi) is 2.81. The van der Waals surface area contributed by atoms with E-state index in [2.05, 4.69) is 9.97 Å². The molecule has 1 heterocycles. The smallest absolute Gasteiger partial charge is 0.0931 e. The van der Waals surface area contributed by atoms with Crippen LogP contribution in [0, 0.1) is 41.3 Å². The second-order valence-electron chi connectivity index (χ2n) is 1.92. The molecule has 0 aliphatic rings. The van der Waals surface area contributed by atoms with Gasteiger partial charge in [0.25, 0.3) is 0 Å². The van der Waals surface area contributed by atoms with Gasteiger partial charge in [0.2, 0.25) is 0 Å². The van der Waals surface area contributed by atoms with Crippen LogP contribution < -0.4 is 0 Å². The predicted octanol–water partition coefficient (Wildman–Crippen LogP) is 1.56. The second-order valence-corrected chi connectivity index (χ2v) is 1.92. The molecule has 2 aromatic rings. The van der Waals surface area contributed by atoms with Crippen molar-refractivity contribution in [1.82, 2.24) is 9.97 Å². The molecule has 0 amide bonds. The molecule has 10 heavy (non-hydrogen) atoms. The number of hydrogen-bond acceptors (Lipinski definition) is 1. The van der Waals surface area contributed by atoms with Crippen molar-refractivity contribution in [2.24, 2.45) is 0 Å². The zero-order chi connectivity index (χ0) is 6.10. The van der Waals surface area contributed by atoms with Gasteiger partial charge < -0.3 is 4.98 Å². The van der Waals surface area contributed by atoms with E-state index in [0.29, 0.717) is 0 Å². The maximum atomic E-state index is 4.06. The summed E-state index contributed by atoms with van der Waals surface area (Å²) in [6.07, 6.45) is 1.70. The first kappa shape index (κ1) is 8.15. The van der Waals surface area contributed by atoms with Crippen LogP contribution in [-0.4, -0.2) is 9.97 Å². The Balaban J connectivity index is 0.000000500. The van der Waals surface area contributed by atoms with Crippen molar-refractivity contribution in [2.75, 3.05) is 0 Å². The summed E-state index contributed by atoms with van der Waals surface area (Å²) < 4.78 is 0. The first-order valence-corrected chi connectivity index (χ1v) is 2.85. The fourth-order valence-corrected chi connectivity index (χ4v) is 0.880. The number of imidazole rings is 1. The van der Waals surface area contributed by atoms with Crippen LogP contribution in [0.3, 0.4) is 0 Å². The van der Waals surface area contributed by atoms with E-state index in [-0.39, 0.29) is 41.3 Å². The van der Waals surface area contributed by atoms with Gasteiger partial charge in [-0.25, -0.2) is 4.98 Å². The van der Waals surface area contributed by atoms with Crippen LogP contribution in [0.25, 0.3) is 11.0 Å². The number of H-pyrrole nitrogens is 1. The van der Waals surface area contributed by atoms with Crippen molar-refractivity contribution in [3.63, 3.8) is 0 Å². The molecule has 1 N–H and O–H groups in total. The summed E-state index contributed by atoms with van der Waals surface area (Å²) in [6, 6.07) is 7.94. The van der Waals surface area contributed by atoms with Gasteiger partial charge in [-0.1, -0.05) is 12.1 Å². The Hall–Kier alpha value is 0.0536. The molecule has 0 saturated heterocycles. The number of fused-ring (bicyclic) bond motifs is 1. The summed E-state index contributed by atoms with van der Waals surface area (Å²) in [5, 5.41) is 0. The molecule has 0 bridgehead atoms. The van der Waals surface area contributed by atoms with E-state index < -0.39 is 0 Å². The molecule has 1 radical (unpaired) electrons. The first-order chi connectivity index (χ1) is 4.47. The van der Waals surface area contributed by atoms with Gasteiger partial charge in [-0.05, 0) is 12.1 Å². The molecular formula is C7H6N2Pr. The first-order valence-electron chi connectivity index (χ1n) is 2.85. The van der Waals surface area contributed by atoms with Crippen molar-refractivity contribution >= 4 is 11.0 Å². The third kappa shape index (κ3) is 1.38. The normalized spacial score (nSPS) is 9.20. The molecule has 2 nitrogen and oxygen atoms in total. The number of para-hydroxylation sites is 2. The fourth-order valence-electron chi connectivity index (χ4n) is 0.880. The zero-order valence-corrected chi connectivity index (χ0v) is 9.12. The summed E-state index contributed by atoms with van der Waals surface area (Å²) in [6.45, 7) is 0. The minimum atomic E-state index is 0. The molecular weight excluding hydrogens is 253 g/mol. The third-order valence-corrected chi connectivity index (χ3v) is 1.33. The molecule has 0 unspecified atom stereocenters. The van der Waals surface area contributed by atoms with Crippen LogP contribution in [0.1, 0.15) is 0 Å². The van der Waals surface area contributed by atoms with Gasteiger partial charge in [0, 0.05) is 41.3 Å². The maximum absolute atomic E-state index is 4.06. The minimum absolute atomic E-state index is 0. The SMILES string of the molecule is [Pr].c1ccc2[nH]cnc2c1. The Morgan fingerprint density at radius 2 is 2.00 bits per heavy atom. The van der Waals surface area contributed by atoms with E-state index in [9.17, 15) is 0 Å². The van der Waals surface area contributed by atoms with Crippen LogP contribution in [0.2, 0.25) is 0 Å². The van der Waals surface area contributed by atoms with E-state index in [4.69, 9.17) is 0 Å². The minimum Gasteiger partial charge on any atom is -0.345 e. The van der Waals surface area contributed by atoms with Crippen LogP contribution >= 0.6 is 0 Å². The average molecular weight is 259 g/mol. The number of rotatable bonds is 0. The zero-order valence-electron chi connectivity index (χ0n) is 5.41. The summed E-state index contributed by atoms with van der Waals surface area (Å²) >= 11 is 0. The fraction of sp³-hybridized carbons (Fsp3) is 0. The van der Waals surface area contributed by atoms with Gasteiger partial charge in [-0.3, -0.25) is 0 Å². The summed E-state index contributed by atoms with van der Waals surface area (Å²) in [4.78, 5) is 7.07. The van der Waals surface area contributed by atoms with Crippen molar-refractivity contribution in [3.05, 3.63) is 30.6 Å². The quantitative estimate of drug-likeness (QED) is 0.764. The number of aromatic amines is 1. The van der Waals surface area contributed by atoms with Gasteiger partial charge in [-0.2, -0.15) is 0 Å². The van der Waals surface area contributed by atoms with Gasteiger partial charge in [0.1, 0.15) is 0 Å². The summed E-state index contributed by atoms with van der Waals surface area (Å²) in [5.74, 6) is 0. The van der Waals surface area contributed by atoms with E-state index in [1.165, 1.54) is 0 Å². The topological polar surface area (TPSA) is 28.7 Å². The Bertz CT molecular complexity index is 286. The van der Waals surface area contributed by atoms with E-state index in [1.807, 2.05) is 24.3 Å². The van der Waals surface area contributed by atoms with Crippen molar-refractivity contribution in [1.29, 1.82) is 0 Å². The molecule has 1 aromatic carbocycles. The Labute approximate surface area is 92.0 Å². The predicted molar refractivity (Wildman–Crippen MR) is 36.1 cm³/mol. The summed E-state index contributed by atoms with van der Waals surface area (Å²) in [5.41, 5.74) is 2.12. The standard InChI is InChI=1S/C7H6N2.Pr/c1-2-4-7-6(3-1)8-5-9-7;/h1-5H,(H,8,9);. The molecule has 3 heteroatoms. The number of benzene rings is 1. The molecule has 0 aliphatic heterocycles. The monoisotopic (exact) mass is 259 g/mol. The van der Waals surface area contributed by atoms with Crippen molar-refractivity contribution < 1.29 is 41.3 Å². The number of nitrogens with zero attached hydrogens (tertiary/aromatic N) is 1. The van der Waals surface area contributed by atoms with Gasteiger partial charge in [0.15, 0.2) is 0 Å².